The fraction of sp³-hybridized carbons (Fsp3) is 0.455. The van der Waals surface area contributed by atoms with E-state index in [1.165, 1.54) is 0 Å². The van der Waals surface area contributed by atoms with Crippen molar-refractivity contribution in [3.8, 4) is 5.88 Å². The summed E-state index contributed by atoms with van der Waals surface area (Å²) in [5.41, 5.74) is 3.12. The summed E-state index contributed by atoms with van der Waals surface area (Å²) in [7, 11) is 1.63. The summed E-state index contributed by atoms with van der Waals surface area (Å²) in [4.78, 5) is 25.8. The van der Waals surface area contributed by atoms with Crippen molar-refractivity contribution in [3.05, 3.63) is 48.5 Å². The molecule has 8 heteroatoms. The summed E-state index contributed by atoms with van der Waals surface area (Å²) in [5, 5.41) is 4.30. The highest BCUT2D eigenvalue weighted by Crippen LogP contribution is 2.33. The lowest BCUT2D eigenvalue weighted by molar-refractivity contribution is -0.132. The number of ether oxygens (including phenoxy) is 1. The fourth-order valence-electron chi connectivity index (χ4n) is 4.81. The lowest BCUT2D eigenvalue weighted by Gasteiger charge is -2.38. The van der Waals surface area contributed by atoms with E-state index >= 15 is 0 Å². The Balaban J connectivity index is 1.20. The highest BCUT2D eigenvalue weighted by atomic mass is 16.5. The number of carbonyl (C=O) groups is 1. The van der Waals surface area contributed by atoms with E-state index in [9.17, 15) is 4.79 Å². The van der Waals surface area contributed by atoms with Crippen LogP contribution in [0.1, 0.15) is 25.0 Å². The van der Waals surface area contributed by atoms with Gasteiger partial charge in [-0.15, -0.1) is 0 Å². The van der Waals surface area contributed by atoms with Crippen LogP contribution in [0.4, 0.5) is 5.69 Å². The molecule has 0 aliphatic carbocycles. The van der Waals surface area contributed by atoms with Gasteiger partial charge in [-0.2, -0.15) is 5.10 Å². The van der Waals surface area contributed by atoms with Crippen LogP contribution in [0.15, 0.2) is 42.9 Å². The molecular formula is C22H26N6O2. The van der Waals surface area contributed by atoms with E-state index in [2.05, 4.69) is 30.9 Å². The van der Waals surface area contributed by atoms with Crippen molar-refractivity contribution in [2.24, 2.45) is 5.92 Å². The Kier molecular flexibility index (Phi) is 4.98. The van der Waals surface area contributed by atoms with E-state index in [-0.39, 0.29) is 12.0 Å². The van der Waals surface area contributed by atoms with Crippen molar-refractivity contribution >= 4 is 17.2 Å². The first-order valence-electron chi connectivity index (χ1n) is 10.6. The van der Waals surface area contributed by atoms with Gasteiger partial charge in [-0.05, 0) is 43.9 Å². The largest absolute Gasteiger partial charge is 0.481 e. The van der Waals surface area contributed by atoms with Gasteiger partial charge < -0.3 is 14.5 Å². The van der Waals surface area contributed by atoms with Gasteiger partial charge in [0.2, 0.25) is 11.8 Å². The second-order valence-electron chi connectivity index (χ2n) is 8.06. The van der Waals surface area contributed by atoms with E-state index in [1.54, 1.807) is 19.6 Å². The zero-order valence-electron chi connectivity index (χ0n) is 17.1. The number of hydrogen-bond donors (Lipinski definition) is 0. The van der Waals surface area contributed by atoms with Crippen molar-refractivity contribution in [2.75, 3.05) is 31.6 Å². The van der Waals surface area contributed by atoms with Crippen LogP contribution in [-0.4, -0.2) is 63.2 Å². The molecule has 2 atom stereocenters. The average molecular weight is 406 g/mol. The van der Waals surface area contributed by atoms with Gasteiger partial charge in [-0.1, -0.05) is 6.07 Å². The van der Waals surface area contributed by atoms with Gasteiger partial charge in [-0.3, -0.25) is 4.79 Å². The second kappa shape index (κ2) is 7.93. The molecule has 0 spiro atoms. The maximum Gasteiger partial charge on any atom is 0.226 e. The van der Waals surface area contributed by atoms with E-state index in [0.717, 1.165) is 62.3 Å². The molecule has 3 aromatic heterocycles. The fourth-order valence-corrected chi connectivity index (χ4v) is 4.81. The van der Waals surface area contributed by atoms with Crippen molar-refractivity contribution in [1.29, 1.82) is 0 Å². The van der Waals surface area contributed by atoms with E-state index in [4.69, 9.17) is 4.74 Å². The number of anilines is 1. The number of carbonyl (C=O) groups excluding carboxylic acids is 1. The molecule has 8 nitrogen and oxygen atoms in total. The second-order valence-corrected chi connectivity index (χ2v) is 8.06. The summed E-state index contributed by atoms with van der Waals surface area (Å²) >= 11 is 0. The quantitative estimate of drug-likeness (QED) is 0.625. The molecule has 0 N–H and O–H groups in total. The third-order valence-corrected chi connectivity index (χ3v) is 6.33. The van der Waals surface area contributed by atoms with Crippen LogP contribution < -0.4 is 9.64 Å². The molecular weight excluding hydrogens is 380 g/mol. The molecule has 0 bridgehead atoms. The molecule has 2 fully saturated rings. The van der Waals surface area contributed by atoms with Crippen LogP contribution in [0.5, 0.6) is 5.88 Å². The van der Waals surface area contributed by atoms with Gasteiger partial charge in [0.05, 0.1) is 13.2 Å². The molecule has 0 aromatic carbocycles. The normalized spacial score (nSPS) is 21.3. The summed E-state index contributed by atoms with van der Waals surface area (Å²) in [6.07, 6.45) is 7.09. The van der Waals surface area contributed by atoms with Gasteiger partial charge >= 0.3 is 0 Å². The molecule has 3 aromatic rings. The first kappa shape index (κ1) is 18.8. The average Bonchev–Trinajstić information content (AvgIpc) is 3.39. The molecule has 0 saturated carbocycles. The number of aromatic nitrogens is 4. The SMILES string of the molecule is COc1cc(N2CCN3C(=O)[C@@H](CCCc4cccc5ncnn45)C[C@H]3C2)ccn1. The van der Waals surface area contributed by atoms with Gasteiger partial charge in [0, 0.05) is 49.2 Å². The summed E-state index contributed by atoms with van der Waals surface area (Å²) in [5.74, 6) is 1.07. The van der Waals surface area contributed by atoms with Crippen LogP contribution in [0.2, 0.25) is 0 Å². The van der Waals surface area contributed by atoms with Crippen molar-refractivity contribution < 1.29 is 9.53 Å². The van der Waals surface area contributed by atoms with Crippen molar-refractivity contribution in [2.45, 2.75) is 31.7 Å². The predicted octanol–water partition coefficient (Wildman–Crippen LogP) is 2.19. The number of nitrogens with zero attached hydrogens (tertiary/aromatic N) is 6. The molecule has 156 valence electrons. The molecule has 2 aliphatic rings. The molecule has 30 heavy (non-hydrogen) atoms. The number of amides is 1. The first-order chi connectivity index (χ1) is 14.7. The van der Waals surface area contributed by atoms with Crippen LogP contribution in [0.3, 0.4) is 0 Å². The maximum atomic E-state index is 12.9. The van der Waals surface area contributed by atoms with Crippen LogP contribution in [0, 0.1) is 5.92 Å². The molecule has 2 saturated heterocycles. The van der Waals surface area contributed by atoms with Gasteiger partial charge in [0.15, 0.2) is 5.65 Å². The number of aryl methyl sites for hydroxylation is 1. The Morgan fingerprint density at radius 2 is 2.13 bits per heavy atom. The Morgan fingerprint density at radius 1 is 1.20 bits per heavy atom. The van der Waals surface area contributed by atoms with Crippen LogP contribution >= 0.6 is 0 Å². The standard InChI is InChI=1S/C22H26N6O2/c1-30-21-13-18(8-9-23-21)26-10-11-27-19(14-26)12-16(22(27)29)4-2-5-17-6-3-7-20-24-15-25-28(17)20/h3,6-9,13,15-16,19H,2,4-5,10-12,14H2,1H3/t16-,19-/m0/s1. The summed E-state index contributed by atoms with van der Waals surface area (Å²) < 4.78 is 7.15. The van der Waals surface area contributed by atoms with E-state index in [0.29, 0.717) is 11.8 Å². The van der Waals surface area contributed by atoms with Gasteiger partial charge in [0.1, 0.15) is 6.33 Å². The molecule has 1 amide bonds. The minimum atomic E-state index is 0.122. The smallest absolute Gasteiger partial charge is 0.226 e. The summed E-state index contributed by atoms with van der Waals surface area (Å²) in [6, 6.07) is 10.3. The van der Waals surface area contributed by atoms with E-state index < -0.39 is 0 Å². The number of hydrogen-bond acceptors (Lipinski definition) is 6. The summed E-state index contributed by atoms with van der Waals surface area (Å²) in [6.45, 7) is 2.49. The maximum absolute atomic E-state index is 12.9. The Hall–Kier alpha value is -3.16. The molecule has 5 rings (SSSR count). The highest BCUT2D eigenvalue weighted by molar-refractivity contribution is 5.82. The van der Waals surface area contributed by atoms with Gasteiger partial charge in [0.25, 0.3) is 0 Å². The lowest BCUT2D eigenvalue weighted by Crippen LogP contribution is -2.51. The number of fused-ring (bicyclic) bond motifs is 2. The number of piperazine rings is 1. The van der Waals surface area contributed by atoms with Crippen LogP contribution in [-0.2, 0) is 11.2 Å². The molecule has 5 heterocycles. The zero-order valence-corrected chi connectivity index (χ0v) is 17.1. The minimum absolute atomic E-state index is 0.122. The Labute approximate surface area is 175 Å². The number of rotatable bonds is 6. The number of methoxy groups -OCH3 is 1. The monoisotopic (exact) mass is 406 g/mol. The van der Waals surface area contributed by atoms with Crippen molar-refractivity contribution in [1.82, 2.24) is 24.5 Å². The third-order valence-electron chi connectivity index (χ3n) is 6.33. The van der Waals surface area contributed by atoms with Gasteiger partial charge in [-0.25, -0.2) is 14.5 Å². The number of pyridine rings is 2. The molecule has 0 radical (unpaired) electrons. The van der Waals surface area contributed by atoms with Crippen molar-refractivity contribution in [3.63, 3.8) is 0 Å². The van der Waals surface area contributed by atoms with E-state index in [1.807, 2.05) is 28.8 Å². The molecule has 2 aliphatic heterocycles. The lowest BCUT2D eigenvalue weighted by atomic mass is 9.97. The first-order valence-corrected chi connectivity index (χ1v) is 10.6. The molecule has 0 unspecified atom stereocenters. The Morgan fingerprint density at radius 3 is 3.03 bits per heavy atom. The predicted molar refractivity (Wildman–Crippen MR) is 113 cm³/mol. The van der Waals surface area contributed by atoms with Crippen LogP contribution in [0.25, 0.3) is 5.65 Å². The zero-order chi connectivity index (χ0) is 20.5. The highest BCUT2D eigenvalue weighted by Gasteiger charge is 2.41. The minimum Gasteiger partial charge on any atom is -0.481 e. The topological polar surface area (TPSA) is 75.9 Å². The Bertz CT molecular complexity index is 1050. The third kappa shape index (κ3) is 3.46.